The molecule has 1 aliphatic heterocycles. The van der Waals surface area contributed by atoms with Crippen LogP contribution in [0.15, 0.2) is 12.1 Å². The van der Waals surface area contributed by atoms with E-state index in [9.17, 15) is 10.1 Å². The van der Waals surface area contributed by atoms with E-state index in [1.165, 1.54) is 12.1 Å². The number of rotatable bonds is 4. The molecule has 1 fully saturated rings. The van der Waals surface area contributed by atoms with E-state index in [0.29, 0.717) is 17.6 Å². The van der Waals surface area contributed by atoms with Gasteiger partial charge in [0.25, 0.3) is 0 Å². The number of anilines is 2. The normalized spacial score (nSPS) is 16.6. The van der Waals surface area contributed by atoms with Crippen LogP contribution < -0.4 is 10.6 Å². The molecule has 0 saturated carbocycles. The van der Waals surface area contributed by atoms with E-state index in [1.54, 1.807) is 0 Å². The van der Waals surface area contributed by atoms with Gasteiger partial charge in [-0.25, -0.2) is 4.98 Å². The van der Waals surface area contributed by atoms with Crippen LogP contribution in [0, 0.1) is 16.0 Å². The number of pyridine rings is 1. The number of nitrogens with two attached hydrogens (primary N) is 1. The van der Waals surface area contributed by atoms with E-state index >= 15 is 0 Å². The Morgan fingerprint density at radius 2 is 2.10 bits per heavy atom. The Morgan fingerprint density at radius 1 is 1.45 bits per heavy atom. The van der Waals surface area contributed by atoms with Crippen molar-refractivity contribution in [1.29, 1.82) is 0 Å². The van der Waals surface area contributed by atoms with E-state index in [1.807, 2.05) is 4.90 Å². The average Bonchev–Trinajstić information content (AvgIpc) is 2.38. The van der Waals surface area contributed by atoms with Crippen LogP contribution in [-0.4, -0.2) is 48.5 Å². The molecule has 2 N–H and O–H groups in total. The summed E-state index contributed by atoms with van der Waals surface area (Å²) in [7, 11) is 4.13. The predicted molar refractivity (Wildman–Crippen MR) is 78.8 cm³/mol. The number of hydrogen-bond donors (Lipinski definition) is 1. The van der Waals surface area contributed by atoms with Gasteiger partial charge in [-0.05, 0) is 38.9 Å². The molecule has 20 heavy (non-hydrogen) atoms. The van der Waals surface area contributed by atoms with Crippen molar-refractivity contribution in [3.8, 4) is 0 Å². The lowest BCUT2D eigenvalue weighted by molar-refractivity contribution is -0.384. The van der Waals surface area contributed by atoms with Crippen LogP contribution in [0.5, 0.6) is 0 Å². The Kier molecular flexibility index (Phi) is 4.39. The highest BCUT2D eigenvalue weighted by Gasteiger charge is 2.26. The molecule has 1 aromatic heterocycles. The summed E-state index contributed by atoms with van der Waals surface area (Å²) in [5.41, 5.74) is 5.69. The molecular weight excluding hydrogens is 258 g/mol. The van der Waals surface area contributed by atoms with Gasteiger partial charge >= 0.3 is 5.69 Å². The summed E-state index contributed by atoms with van der Waals surface area (Å²) < 4.78 is 0. The summed E-state index contributed by atoms with van der Waals surface area (Å²) in [5, 5.41) is 11.1. The molecule has 1 saturated heterocycles. The fraction of sp³-hybridized carbons (Fsp3) is 0.615. The van der Waals surface area contributed by atoms with Crippen molar-refractivity contribution >= 4 is 17.3 Å². The predicted octanol–water partition coefficient (Wildman–Crippen LogP) is 1.35. The maximum atomic E-state index is 11.1. The summed E-state index contributed by atoms with van der Waals surface area (Å²) in [6.45, 7) is 2.63. The first kappa shape index (κ1) is 14.5. The summed E-state index contributed by atoms with van der Waals surface area (Å²) in [6.07, 6.45) is 2.04. The van der Waals surface area contributed by atoms with Crippen LogP contribution >= 0.6 is 0 Å². The second kappa shape index (κ2) is 6.04. The van der Waals surface area contributed by atoms with Crippen LogP contribution in [0.4, 0.5) is 17.3 Å². The van der Waals surface area contributed by atoms with E-state index in [2.05, 4.69) is 24.0 Å². The zero-order valence-corrected chi connectivity index (χ0v) is 12.0. The monoisotopic (exact) mass is 279 g/mol. The molecule has 110 valence electrons. The van der Waals surface area contributed by atoms with Gasteiger partial charge in [-0.1, -0.05) is 0 Å². The van der Waals surface area contributed by atoms with E-state index in [-0.39, 0.29) is 5.69 Å². The van der Waals surface area contributed by atoms with Crippen molar-refractivity contribution in [1.82, 2.24) is 9.88 Å². The van der Waals surface area contributed by atoms with Crippen LogP contribution in [0.25, 0.3) is 0 Å². The fourth-order valence-electron chi connectivity index (χ4n) is 2.67. The number of nitrogens with zero attached hydrogens (tertiary/aromatic N) is 4. The molecule has 0 radical (unpaired) electrons. The van der Waals surface area contributed by atoms with Gasteiger partial charge in [0.2, 0.25) is 5.82 Å². The standard InChI is InChI=1S/C13H21N5O2/c1-16(2)9-10-5-7-17(8-6-10)13-11(18(19)20)3-4-12(14)15-13/h3-4,10H,5-9H2,1-2H3,(H2,14,15). The van der Waals surface area contributed by atoms with Crippen molar-refractivity contribution in [3.63, 3.8) is 0 Å². The highest BCUT2D eigenvalue weighted by Crippen LogP contribution is 2.30. The summed E-state index contributed by atoms with van der Waals surface area (Å²) in [6, 6.07) is 2.91. The molecule has 0 unspecified atom stereocenters. The Bertz CT molecular complexity index is 484. The lowest BCUT2D eigenvalue weighted by atomic mass is 9.96. The molecule has 1 aromatic rings. The van der Waals surface area contributed by atoms with Gasteiger partial charge in [0.1, 0.15) is 5.82 Å². The molecule has 0 aromatic carbocycles. The quantitative estimate of drug-likeness (QED) is 0.661. The average molecular weight is 279 g/mol. The molecule has 0 bridgehead atoms. The van der Waals surface area contributed by atoms with Crippen molar-refractivity contribution in [2.24, 2.45) is 5.92 Å². The molecule has 0 atom stereocenters. The van der Waals surface area contributed by atoms with E-state index in [0.717, 1.165) is 32.5 Å². The second-order valence-electron chi connectivity index (χ2n) is 5.53. The zero-order valence-electron chi connectivity index (χ0n) is 12.0. The first-order chi connectivity index (χ1) is 9.47. The number of nitro groups is 1. The van der Waals surface area contributed by atoms with Crippen molar-refractivity contribution in [2.75, 3.05) is 44.4 Å². The molecule has 7 nitrogen and oxygen atoms in total. The van der Waals surface area contributed by atoms with Gasteiger partial charge in [-0.15, -0.1) is 0 Å². The second-order valence-corrected chi connectivity index (χ2v) is 5.53. The van der Waals surface area contributed by atoms with Gasteiger partial charge in [0, 0.05) is 25.7 Å². The van der Waals surface area contributed by atoms with E-state index < -0.39 is 4.92 Å². The van der Waals surface area contributed by atoms with E-state index in [4.69, 9.17) is 5.73 Å². The zero-order chi connectivity index (χ0) is 14.7. The highest BCUT2D eigenvalue weighted by molar-refractivity contribution is 5.61. The third-order valence-electron chi connectivity index (χ3n) is 3.61. The highest BCUT2D eigenvalue weighted by atomic mass is 16.6. The molecule has 2 heterocycles. The topological polar surface area (TPSA) is 88.5 Å². The summed E-state index contributed by atoms with van der Waals surface area (Å²) in [4.78, 5) is 19.0. The van der Waals surface area contributed by atoms with Crippen LogP contribution in [0.1, 0.15) is 12.8 Å². The molecule has 0 spiro atoms. The Labute approximate surface area is 118 Å². The SMILES string of the molecule is CN(C)CC1CCN(c2nc(N)ccc2[N+](=O)[O-])CC1. The first-order valence-corrected chi connectivity index (χ1v) is 6.78. The van der Waals surface area contributed by atoms with Crippen LogP contribution in [-0.2, 0) is 0 Å². The molecule has 1 aliphatic rings. The number of piperidine rings is 1. The van der Waals surface area contributed by atoms with Crippen LogP contribution in [0.3, 0.4) is 0 Å². The first-order valence-electron chi connectivity index (χ1n) is 6.78. The Morgan fingerprint density at radius 3 is 2.65 bits per heavy atom. The lowest BCUT2D eigenvalue weighted by Crippen LogP contribution is -2.37. The van der Waals surface area contributed by atoms with Gasteiger partial charge in [0.15, 0.2) is 0 Å². The minimum atomic E-state index is -0.395. The van der Waals surface area contributed by atoms with Gasteiger partial charge < -0.3 is 15.5 Å². The van der Waals surface area contributed by atoms with Gasteiger partial charge in [-0.3, -0.25) is 10.1 Å². The molecule has 0 amide bonds. The minimum absolute atomic E-state index is 0.0326. The van der Waals surface area contributed by atoms with Crippen molar-refractivity contribution in [3.05, 3.63) is 22.2 Å². The minimum Gasteiger partial charge on any atom is -0.384 e. The molecule has 0 aliphatic carbocycles. The fourth-order valence-corrected chi connectivity index (χ4v) is 2.67. The number of nitrogen functional groups attached to an aromatic ring is 1. The molecule has 2 rings (SSSR count). The van der Waals surface area contributed by atoms with Crippen molar-refractivity contribution in [2.45, 2.75) is 12.8 Å². The molecule has 7 heteroatoms. The number of aromatic nitrogens is 1. The smallest absolute Gasteiger partial charge is 0.311 e. The van der Waals surface area contributed by atoms with Crippen LogP contribution in [0.2, 0.25) is 0 Å². The maximum absolute atomic E-state index is 11.1. The third kappa shape index (κ3) is 3.36. The third-order valence-corrected chi connectivity index (χ3v) is 3.61. The van der Waals surface area contributed by atoms with Gasteiger partial charge in [0.05, 0.1) is 4.92 Å². The number of hydrogen-bond acceptors (Lipinski definition) is 6. The Balaban J connectivity index is 2.10. The summed E-state index contributed by atoms with van der Waals surface area (Å²) >= 11 is 0. The Hall–Kier alpha value is -1.89. The summed E-state index contributed by atoms with van der Waals surface area (Å²) in [5.74, 6) is 1.36. The molecular formula is C13H21N5O2. The van der Waals surface area contributed by atoms with Gasteiger partial charge in [-0.2, -0.15) is 0 Å². The lowest BCUT2D eigenvalue weighted by Gasteiger charge is -2.33. The largest absolute Gasteiger partial charge is 0.384 e. The maximum Gasteiger partial charge on any atom is 0.311 e. The van der Waals surface area contributed by atoms with Crippen molar-refractivity contribution < 1.29 is 4.92 Å².